The average molecular weight is 219 g/mol. The Balaban J connectivity index is 2.34. The Hall–Kier alpha value is -1.61. The topological polar surface area (TPSA) is 29.1 Å². The number of rotatable bonds is 4. The van der Waals surface area contributed by atoms with Gasteiger partial charge in [0.25, 0.3) is 5.91 Å². The van der Waals surface area contributed by atoms with Crippen LogP contribution in [0.4, 0.5) is 0 Å². The van der Waals surface area contributed by atoms with E-state index in [1.165, 1.54) is 11.3 Å². The molecular formula is C12H13NOS. The Morgan fingerprint density at radius 2 is 2.13 bits per heavy atom. The Morgan fingerprint density at radius 1 is 1.33 bits per heavy atom. The van der Waals surface area contributed by atoms with Gasteiger partial charge in [-0.05, 0) is 24.4 Å². The van der Waals surface area contributed by atoms with E-state index in [1.807, 2.05) is 42.7 Å². The molecule has 0 spiro atoms. The van der Waals surface area contributed by atoms with Crippen molar-refractivity contribution in [1.82, 2.24) is 5.32 Å². The number of hydrogen-bond donors (Lipinski definition) is 1. The van der Waals surface area contributed by atoms with E-state index in [9.17, 15) is 4.79 Å². The fourth-order valence-corrected chi connectivity index (χ4v) is 1.52. The normalized spacial score (nSPS) is 11.8. The van der Waals surface area contributed by atoms with Gasteiger partial charge in [0.05, 0.1) is 4.88 Å². The maximum absolute atomic E-state index is 11.4. The highest BCUT2D eigenvalue weighted by molar-refractivity contribution is 7.12. The third-order valence-corrected chi connectivity index (χ3v) is 2.45. The van der Waals surface area contributed by atoms with Crippen molar-refractivity contribution >= 4 is 17.2 Å². The Bertz CT molecular complexity index is 374. The molecule has 0 unspecified atom stereocenters. The average Bonchev–Trinajstić information content (AvgIpc) is 2.76. The lowest BCUT2D eigenvalue weighted by molar-refractivity contribution is 0.0974. The summed E-state index contributed by atoms with van der Waals surface area (Å²) in [5.41, 5.74) is 0. The number of allylic oxidation sites excluding steroid dienone is 5. The van der Waals surface area contributed by atoms with E-state index < -0.39 is 0 Å². The predicted octanol–water partition coefficient (Wildman–Crippen LogP) is 3.12. The molecule has 1 aromatic heterocycles. The first-order valence-electron chi connectivity index (χ1n) is 4.63. The number of carbonyl (C=O) groups excluding carboxylic acids is 1. The Morgan fingerprint density at radius 3 is 2.80 bits per heavy atom. The van der Waals surface area contributed by atoms with Gasteiger partial charge in [-0.2, -0.15) is 0 Å². The fraction of sp³-hybridized carbons (Fsp3) is 0.0833. The van der Waals surface area contributed by atoms with E-state index in [-0.39, 0.29) is 5.91 Å². The first-order valence-corrected chi connectivity index (χ1v) is 5.51. The summed E-state index contributed by atoms with van der Waals surface area (Å²) in [6.07, 6.45) is 11.0. The number of thiophene rings is 1. The van der Waals surface area contributed by atoms with Crippen molar-refractivity contribution in [3.8, 4) is 0 Å². The molecule has 0 radical (unpaired) electrons. The van der Waals surface area contributed by atoms with Crippen molar-refractivity contribution in [1.29, 1.82) is 0 Å². The van der Waals surface area contributed by atoms with Crippen molar-refractivity contribution in [2.24, 2.45) is 0 Å². The van der Waals surface area contributed by atoms with Crippen molar-refractivity contribution in [2.45, 2.75) is 6.92 Å². The molecule has 0 saturated carbocycles. The molecule has 15 heavy (non-hydrogen) atoms. The van der Waals surface area contributed by atoms with Gasteiger partial charge in [-0.25, -0.2) is 0 Å². The van der Waals surface area contributed by atoms with E-state index in [4.69, 9.17) is 0 Å². The third kappa shape index (κ3) is 4.42. The summed E-state index contributed by atoms with van der Waals surface area (Å²) in [6, 6.07) is 3.65. The zero-order valence-electron chi connectivity index (χ0n) is 8.51. The minimum Gasteiger partial charge on any atom is -0.328 e. The van der Waals surface area contributed by atoms with Crippen LogP contribution in [0, 0.1) is 0 Å². The van der Waals surface area contributed by atoms with Gasteiger partial charge in [0.1, 0.15) is 0 Å². The van der Waals surface area contributed by atoms with Gasteiger partial charge in [-0.3, -0.25) is 4.79 Å². The lowest BCUT2D eigenvalue weighted by Crippen LogP contribution is -2.15. The molecule has 0 fully saturated rings. The molecule has 0 saturated heterocycles. The van der Waals surface area contributed by atoms with E-state index in [1.54, 1.807) is 18.3 Å². The highest BCUT2D eigenvalue weighted by Gasteiger charge is 2.01. The minimum absolute atomic E-state index is 0.0688. The Kier molecular flexibility index (Phi) is 5.19. The smallest absolute Gasteiger partial charge is 0.265 e. The van der Waals surface area contributed by atoms with Crippen LogP contribution in [-0.4, -0.2) is 5.91 Å². The molecule has 0 atom stereocenters. The summed E-state index contributed by atoms with van der Waals surface area (Å²) in [5, 5.41) is 4.56. The molecule has 1 aromatic rings. The summed E-state index contributed by atoms with van der Waals surface area (Å²) in [5.74, 6) is -0.0688. The third-order valence-electron chi connectivity index (χ3n) is 1.58. The van der Waals surface area contributed by atoms with E-state index in [0.717, 1.165) is 4.88 Å². The molecule has 1 rings (SSSR count). The van der Waals surface area contributed by atoms with Crippen LogP contribution in [-0.2, 0) is 0 Å². The number of nitrogens with one attached hydrogen (secondary N) is 1. The van der Waals surface area contributed by atoms with Gasteiger partial charge >= 0.3 is 0 Å². The summed E-state index contributed by atoms with van der Waals surface area (Å²) >= 11 is 1.43. The highest BCUT2D eigenvalue weighted by Crippen LogP contribution is 2.07. The standard InChI is InChI=1S/C12H13NOS/c1-2-3-4-5-6-9-13-12(14)11-8-7-10-15-11/h2-10H,1H3,(H,13,14)/b3-2-,5-4-,9-6+. The quantitative estimate of drug-likeness (QED) is 0.774. The molecule has 0 aliphatic rings. The molecule has 1 heterocycles. The van der Waals surface area contributed by atoms with Crippen molar-refractivity contribution in [2.75, 3.05) is 0 Å². The molecule has 2 nitrogen and oxygen atoms in total. The van der Waals surface area contributed by atoms with Gasteiger partial charge in [0, 0.05) is 6.20 Å². The van der Waals surface area contributed by atoms with Crippen LogP contribution < -0.4 is 5.32 Å². The molecule has 1 N–H and O–H groups in total. The second-order valence-electron chi connectivity index (χ2n) is 2.72. The van der Waals surface area contributed by atoms with Crippen LogP contribution in [0.3, 0.4) is 0 Å². The van der Waals surface area contributed by atoms with Gasteiger partial charge < -0.3 is 5.32 Å². The lowest BCUT2D eigenvalue weighted by atomic mass is 10.4. The molecule has 3 heteroatoms. The molecule has 1 amide bonds. The molecule has 0 aromatic carbocycles. The van der Waals surface area contributed by atoms with Crippen LogP contribution in [0.5, 0.6) is 0 Å². The molecule has 0 aliphatic heterocycles. The molecule has 0 aliphatic carbocycles. The summed E-state index contributed by atoms with van der Waals surface area (Å²) in [7, 11) is 0. The van der Waals surface area contributed by atoms with Crippen LogP contribution in [0.15, 0.2) is 54.1 Å². The molecule has 0 bridgehead atoms. The number of hydrogen-bond acceptors (Lipinski definition) is 2. The fourth-order valence-electron chi connectivity index (χ4n) is 0.898. The van der Waals surface area contributed by atoms with E-state index in [0.29, 0.717) is 0 Å². The van der Waals surface area contributed by atoms with Crippen molar-refractivity contribution in [3.63, 3.8) is 0 Å². The molecular weight excluding hydrogens is 206 g/mol. The lowest BCUT2D eigenvalue weighted by Gasteiger charge is -1.93. The maximum Gasteiger partial charge on any atom is 0.265 e. The van der Waals surface area contributed by atoms with Crippen molar-refractivity contribution in [3.05, 3.63) is 59.0 Å². The zero-order valence-corrected chi connectivity index (χ0v) is 9.33. The van der Waals surface area contributed by atoms with E-state index >= 15 is 0 Å². The molecule has 78 valence electrons. The highest BCUT2D eigenvalue weighted by atomic mass is 32.1. The summed E-state index contributed by atoms with van der Waals surface area (Å²) in [4.78, 5) is 12.1. The second-order valence-corrected chi connectivity index (χ2v) is 3.67. The summed E-state index contributed by atoms with van der Waals surface area (Å²) < 4.78 is 0. The second kappa shape index (κ2) is 6.79. The largest absolute Gasteiger partial charge is 0.328 e. The van der Waals surface area contributed by atoms with Gasteiger partial charge in [-0.1, -0.05) is 30.4 Å². The summed E-state index contributed by atoms with van der Waals surface area (Å²) in [6.45, 7) is 1.95. The van der Waals surface area contributed by atoms with Gasteiger partial charge in [-0.15, -0.1) is 11.3 Å². The predicted molar refractivity (Wildman–Crippen MR) is 64.9 cm³/mol. The first-order chi connectivity index (χ1) is 7.34. The van der Waals surface area contributed by atoms with Crippen LogP contribution in [0.2, 0.25) is 0 Å². The van der Waals surface area contributed by atoms with Crippen LogP contribution in [0.25, 0.3) is 0 Å². The monoisotopic (exact) mass is 219 g/mol. The zero-order chi connectivity index (χ0) is 10.9. The van der Waals surface area contributed by atoms with Gasteiger partial charge in [0.2, 0.25) is 0 Å². The first kappa shape index (κ1) is 11.5. The number of carbonyl (C=O) groups is 1. The maximum atomic E-state index is 11.4. The SMILES string of the molecule is C\C=C/C=C\C=C\NC(=O)c1cccs1. The van der Waals surface area contributed by atoms with Crippen LogP contribution in [0.1, 0.15) is 16.6 Å². The Labute approximate surface area is 93.6 Å². The minimum atomic E-state index is -0.0688. The van der Waals surface area contributed by atoms with Crippen molar-refractivity contribution < 1.29 is 4.79 Å². The van der Waals surface area contributed by atoms with Crippen LogP contribution >= 0.6 is 11.3 Å². The van der Waals surface area contributed by atoms with Gasteiger partial charge in [0.15, 0.2) is 0 Å². The number of amides is 1. The van der Waals surface area contributed by atoms with E-state index in [2.05, 4.69) is 5.32 Å².